The van der Waals surface area contributed by atoms with E-state index in [1.807, 2.05) is 48.5 Å². The highest BCUT2D eigenvalue weighted by Crippen LogP contribution is 2.31. The van der Waals surface area contributed by atoms with Gasteiger partial charge in [0.15, 0.2) is 0 Å². The van der Waals surface area contributed by atoms with Gasteiger partial charge in [0, 0.05) is 16.8 Å². The molecule has 1 atom stereocenters. The van der Waals surface area contributed by atoms with E-state index in [1.165, 1.54) is 5.56 Å². The molecule has 21 heavy (non-hydrogen) atoms. The van der Waals surface area contributed by atoms with Crippen LogP contribution in [0.2, 0.25) is 5.02 Å². The highest BCUT2D eigenvalue weighted by Gasteiger charge is 2.13. The van der Waals surface area contributed by atoms with Crippen LogP contribution < -0.4 is 0 Å². The maximum atomic E-state index is 10.6. The molecule has 0 bridgehead atoms. The van der Waals surface area contributed by atoms with Crippen LogP contribution in [0, 0.1) is 6.92 Å². The maximum Gasteiger partial charge on any atom is 0.0836 e. The average molecular weight is 297 g/mol. The Morgan fingerprint density at radius 1 is 0.952 bits per heavy atom. The fourth-order valence-corrected chi connectivity index (χ4v) is 2.98. The first kappa shape index (κ1) is 14.1. The van der Waals surface area contributed by atoms with Crippen molar-refractivity contribution < 1.29 is 5.11 Å². The smallest absolute Gasteiger partial charge is 0.0836 e. The zero-order chi connectivity index (χ0) is 14.8. The second-order valence-corrected chi connectivity index (χ2v) is 5.80. The number of halogens is 1. The monoisotopic (exact) mass is 296 g/mol. The lowest BCUT2D eigenvalue weighted by atomic mass is 9.95. The largest absolute Gasteiger partial charge is 0.388 e. The molecule has 0 radical (unpaired) electrons. The standard InChI is InChI=1S/C19H17ClO/c1-13-5-4-6-14(11-13)12-19(21)17-9-10-18(20)16-8-3-2-7-15(16)17/h2-11,19,21H,12H2,1H3. The fourth-order valence-electron chi connectivity index (χ4n) is 2.75. The predicted octanol–water partition coefficient (Wildman–Crippen LogP) is 5.08. The third kappa shape index (κ3) is 2.94. The Bertz CT molecular complexity index is 779. The zero-order valence-electron chi connectivity index (χ0n) is 11.9. The van der Waals surface area contributed by atoms with Gasteiger partial charge in [0.2, 0.25) is 0 Å². The lowest BCUT2D eigenvalue weighted by molar-refractivity contribution is 0.180. The minimum atomic E-state index is -0.533. The first-order valence-corrected chi connectivity index (χ1v) is 7.44. The van der Waals surface area contributed by atoms with Gasteiger partial charge >= 0.3 is 0 Å². The van der Waals surface area contributed by atoms with Gasteiger partial charge in [-0.3, -0.25) is 0 Å². The summed E-state index contributed by atoms with van der Waals surface area (Å²) in [6, 6.07) is 20.0. The molecule has 106 valence electrons. The Balaban J connectivity index is 1.98. The number of aryl methyl sites for hydroxylation is 1. The van der Waals surface area contributed by atoms with Crippen LogP contribution >= 0.6 is 11.6 Å². The normalized spacial score (nSPS) is 12.5. The maximum absolute atomic E-state index is 10.6. The number of aliphatic hydroxyl groups excluding tert-OH is 1. The van der Waals surface area contributed by atoms with Crippen molar-refractivity contribution in [1.82, 2.24) is 0 Å². The zero-order valence-corrected chi connectivity index (χ0v) is 12.6. The van der Waals surface area contributed by atoms with Gasteiger partial charge in [-0.05, 0) is 29.5 Å². The summed E-state index contributed by atoms with van der Waals surface area (Å²) >= 11 is 6.23. The fraction of sp³-hybridized carbons (Fsp3) is 0.158. The molecule has 3 aromatic carbocycles. The summed E-state index contributed by atoms with van der Waals surface area (Å²) < 4.78 is 0. The molecule has 0 amide bonds. The second kappa shape index (κ2) is 5.88. The molecule has 1 N–H and O–H groups in total. The van der Waals surface area contributed by atoms with Crippen LogP contribution in [0.15, 0.2) is 60.7 Å². The third-order valence-corrected chi connectivity index (χ3v) is 4.10. The second-order valence-electron chi connectivity index (χ2n) is 5.39. The minimum Gasteiger partial charge on any atom is -0.388 e. The van der Waals surface area contributed by atoms with Gasteiger partial charge in [0.1, 0.15) is 0 Å². The van der Waals surface area contributed by atoms with Crippen molar-refractivity contribution in [3.8, 4) is 0 Å². The Kier molecular flexibility index (Phi) is 3.96. The van der Waals surface area contributed by atoms with E-state index in [2.05, 4.69) is 19.1 Å². The molecule has 2 heteroatoms. The highest BCUT2D eigenvalue weighted by atomic mass is 35.5. The Labute approximate surface area is 129 Å². The van der Waals surface area contributed by atoms with E-state index in [0.29, 0.717) is 6.42 Å². The number of aliphatic hydroxyl groups is 1. The number of hydrogen-bond donors (Lipinski definition) is 1. The first-order chi connectivity index (χ1) is 10.1. The van der Waals surface area contributed by atoms with Crippen LogP contribution in [0.1, 0.15) is 22.8 Å². The summed E-state index contributed by atoms with van der Waals surface area (Å²) in [5.74, 6) is 0. The van der Waals surface area contributed by atoms with Crippen LogP contribution in [-0.4, -0.2) is 5.11 Å². The van der Waals surface area contributed by atoms with Crippen LogP contribution in [-0.2, 0) is 6.42 Å². The molecule has 0 aliphatic carbocycles. The summed E-state index contributed by atoms with van der Waals surface area (Å²) in [6.07, 6.45) is 0.0711. The molecular formula is C19H17ClO. The quantitative estimate of drug-likeness (QED) is 0.715. The molecule has 0 fully saturated rings. The van der Waals surface area contributed by atoms with Crippen molar-refractivity contribution >= 4 is 22.4 Å². The van der Waals surface area contributed by atoms with E-state index < -0.39 is 6.10 Å². The summed E-state index contributed by atoms with van der Waals surface area (Å²) in [6.45, 7) is 2.06. The highest BCUT2D eigenvalue weighted by molar-refractivity contribution is 6.35. The molecule has 0 aromatic heterocycles. The molecule has 0 saturated heterocycles. The lowest BCUT2D eigenvalue weighted by Gasteiger charge is -2.15. The lowest BCUT2D eigenvalue weighted by Crippen LogP contribution is -2.03. The minimum absolute atomic E-state index is 0.533. The SMILES string of the molecule is Cc1cccc(CC(O)c2ccc(Cl)c3ccccc23)c1. The van der Waals surface area contributed by atoms with Gasteiger partial charge in [-0.25, -0.2) is 0 Å². The Hall–Kier alpha value is -1.83. The predicted molar refractivity (Wildman–Crippen MR) is 88.8 cm³/mol. The van der Waals surface area contributed by atoms with E-state index in [1.54, 1.807) is 0 Å². The van der Waals surface area contributed by atoms with Crippen molar-refractivity contribution in [1.29, 1.82) is 0 Å². The molecule has 0 heterocycles. The number of hydrogen-bond acceptors (Lipinski definition) is 1. The third-order valence-electron chi connectivity index (χ3n) is 3.78. The average Bonchev–Trinajstić information content (AvgIpc) is 2.48. The molecule has 1 unspecified atom stereocenters. The van der Waals surface area contributed by atoms with E-state index in [-0.39, 0.29) is 0 Å². The number of rotatable bonds is 3. The van der Waals surface area contributed by atoms with Crippen molar-refractivity contribution in [2.24, 2.45) is 0 Å². The molecule has 0 saturated carbocycles. The van der Waals surface area contributed by atoms with Crippen LogP contribution in [0.4, 0.5) is 0 Å². The number of benzene rings is 3. The van der Waals surface area contributed by atoms with Gasteiger partial charge in [-0.2, -0.15) is 0 Å². The first-order valence-electron chi connectivity index (χ1n) is 7.06. The van der Waals surface area contributed by atoms with Gasteiger partial charge < -0.3 is 5.11 Å². The summed E-state index contributed by atoms with van der Waals surface area (Å²) in [4.78, 5) is 0. The summed E-state index contributed by atoms with van der Waals surface area (Å²) in [7, 11) is 0. The molecule has 3 rings (SSSR count). The van der Waals surface area contributed by atoms with E-state index in [9.17, 15) is 5.11 Å². The van der Waals surface area contributed by atoms with Crippen molar-refractivity contribution in [3.05, 3.63) is 82.4 Å². The molecule has 3 aromatic rings. The molecule has 0 spiro atoms. The van der Waals surface area contributed by atoms with E-state index in [4.69, 9.17) is 11.6 Å². The van der Waals surface area contributed by atoms with Gasteiger partial charge in [-0.15, -0.1) is 0 Å². The van der Waals surface area contributed by atoms with Crippen LogP contribution in [0.25, 0.3) is 10.8 Å². The van der Waals surface area contributed by atoms with E-state index >= 15 is 0 Å². The van der Waals surface area contributed by atoms with Gasteiger partial charge in [0.25, 0.3) is 0 Å². The topological polar surface area (TPSA) is 20.2 Å². The van der Waals surface area contributed by atoms with Crippen molar-refractivity contribution in [3.63, 3.8) is 0 Å². The molecule has 0 aliphatic heterocycles. The van der Waals surface area contributed by atoms with Crippen LogP contribution in [0.3, 0.4) is 0 Å². The Morgan fingerprint density at radius 2 is 1.71 bits per heavy atom. The summed E-state index contributed by atoms with van der Waals surface area (Å²) in [5.41, 5.74) is 3.28. The van der Waals surface area contributed by atoms with Gasteiger partial charge in [-0.1, -0.05) is 71.8 Å². The molecule has 0 aliphatic rings. The van der Waals surface area contributed by atoms with E-state index in [0.717, 1.165) is 26.9 Å². The van der Waals surface area contributed by atoms with Crippen molar-refractivity contribution in [2.75, 3.05) is 0 Å². The van der Waals surface area contributed by atoms with Crippen molar-refractivity contribution in [2.45, 2.75) is 19.4 Å². The Morgan fingerprint density at radius 3 is 2.48 bits per heavy atom. The molecular weight excluding hydrogens is 280 g/mol. The van der Waals surface area contributed by atoms with Crippen LogP contribution in [0.5, 0.6) is 0 Å². The summed E-state index contributed by atoms with van der Waals surface area (Å²) in [5, 5.41) is 13.3. The van der Waals surface area contributed by atoms with Gasteiger partial charge in [0.05, 0.1) is 6.10 Å². The molecule has 1 nitrogen and oxygen atoms in total. The number of fused-ring (bicyclic) bond motifs is 1.